The molecule has 5 rings (SSSR count). The van der Waals surface area contributed by atoms with Crippen LogP contribution < -0.4 is 5.43 Å². The predicted molar refractivity (Wildman–Crippen MR) is 106 cm³/mol. The highest BCUT2D eigenvalue weighted by Crippen LogP contribution is 2.34. The summed E-state index contributed by atoms with van der Waals surface area (Å²) in [4.78, 5) is 24.2. The van der Waals surface area contributed by atoms with Crippen LogP contribution in [0.5, 0.6) is 0 Å². The number of nitrogens with zero attached hydrogens (tertiary/aromatic N) is 3. The molecule has 0 spiro atoms. The molecule has 1 N–H and O–H groups in total. The van der Waals surface area contributed by atoms with Crippen LogP contribution in [0.3, 0.4) is 0 Å². The minimum atomic E-state index is -0.111. The Morgan fingerprint density at radius 3 is 2.86 bits per heavy atom. The molecule has 0 saturated carbocycles. The van der Waals surface area contributed by atoms with Gasteiger partial charge in [-0.2, -0.15) is 5.26 Å². The minimum absolute atomic E-state index is 0.111. The average Bonchev–Trinajstić information content (AvgIpc) is 3.21. The van der Waals surface area contributed by atoms with Gasteiger partial charge in [0.25, 0.3) is 0 Å². The van der Waals surface area contributed by atoms with Crippen LogP contribution in [0.15, 0.2) is 76.4 Å². The molecule has 0 fully saturated rings. The second-order valence-corrected chi connectivity index (χ2v) is 6.35. The van der Waals surface area contributed by atoms with E-state index in [1.54, 1.807) is 18.3 Å². The van der Waals surface area contributed by atoms with Gasteiger partial charge in [0.2, 0.25) is 0 Å². The van der Waals surface area contributed by atoms with Gasteiger partial charge < -0.3 is 9.40 Å². The molecule has 0 aliphatic heterocycles. The Morgan fingerprint density at radius 1 is 1.04 bits per heavy atom. The number of benzene rings is 2. The summed E-state index contributed by atoms with van der Waals surface area (Å²) < 4.78 is 5.43. The lowest BCUT2D eigenvalue weighted by atomic mass is 9.97. The zero-order valence-electron chi connectivity index (χ0n) is 14.5. The zero-order valence-corrected chi connectivity index (χ0v) is 14.5. The molecule has 3 heterocycles. The summed E-state index contributed by atoms with van der Waals surface area (Å²) in [5, 5.41) is 9.76. The summed E-state index contributed by atoms with van der Waals surface area (Å²) in [6.07, 6.45) is 2.97. The SMILES string of the molecule is N#Cc1cccc(-c2nc3[nH]ccc(=O)c3cc2-c2ccc3ncoc3c2)c1. The van der Waals surface area contributed by atoms with E-state index in [-0.39, 0.29) is 5.43 Å². The summed E-state index contributed by atoms with van der Waals surface area (Å²) in [5.74, 6) is 0. The quantitative estimate of drug-likeness (QED) is 0.505. The number of fused-ring (bicyclic) bond motifs is 2. The van der Waals surface area contributed by atoms with Gasteiger partial charge in [0.15, 0.2) is 17.4 Å². The van der Waals surface area contributed by atoms with E-state index in [2.05, 4.69) is 16.0 Å². The molecule has 0 radical (unpaired) electrons. The first-order chi connectivity index (χ1) is 13.7. The molecule has 0 atom stereocenters. The van der Waals surface area contributed by atoms with Crippen molar-refractivity contribution in [3.63, 3.8) is 0 Å². The molecule has 6 nitrogen and oxygen atoms in total. The summed E-state index contributed by atoms with van der Waals surface area (Å²) in [6, 6.07) is 18.4. The Morgan fingerprint density at radius 2 is 1.96 bits per heavy atom. The Bertz CT molecular complexity index is 1460. The monoisotopic (exact) mass is 364 g/mol. The summed E-state index contributed by atoms with van der Waals surface area (Å²) in [7, 11) is 0. The van der Waals surface area contributed by atoms with Gasteiger partial charge in [0, 0.05) is 23.4 Å². The third kappa shape index (κ3) is 2.54. The maximum absolute atomic E-state index is 12.3. The second-order valence-electron chi connectivity index (χ2n) is 6.35. The van der Waals surface area contributed by atoms with Crippen molar-refractivity contribution >= 4 is 22.1 Å². The van der Waals surface area contributed by atoms with Crippen LogP contribution >= 0.6 is 0 Å². The number of aromatic nitrogens is 3. The van der Waals surface area contributed by atoms with E-state index in [1.165, 1.54) is 12.5 Å². The maximum Gasteiger partial charge on any atom is 0.191 e. The number of hydrogen-bond donors (Lipinski definition) is 1. The van der Waals surface area contributed by atoms with Crippen LogP contribution in [-0.2, 0) is 0 Å². The molecular weight excluding hydrogens is 352 g/mol. The minimum Gasteiger partial charge on any atom is -0.443 e. The van der Waals surface area contributed by atoms with E-state index in [9.17, 15) is 10.1 Å². The van der Waals surface area contributed by atoms with Crippen LogP contribution in [0.2, 0.25) is 0 Å². The van der Waals surface area contributed by atoms with E-state index in [0.29, 0.717) is 27.9 Å². The highest BCUT2D eigenvalue weighted by atomic mass is 16.3. The van der Waals surface area contributed by atoms with Gasteiger partial charge in [-0.15, -0.1) is 0 Å². The number of nitriles is 1. The largest absolute Gasteiger partial charge is 0.443 e. The van der Waals surface area contributed by atoms with Gasteiger partial charge in [0.1, 0.15) is 11.2 Å². The molecule has 0 unspecified atom stereocenters. The molecule has 3 aromatic heterocycles. The highest BCUT2D eigenvalue weighted by molar-refractivity contribution is 5.92. The van der Waals surface area contributed by atoms with Gasteiger partial charge in [-0.3, -0.25) is 4.79 Å². The molecule has 132 valence electrons. The number of nitrogens with one attached hydrogen (secondary N) is 1. The maximum atomic E-state index is 12.3. The molecule has 6 heteroatoms. The molecule has 0 amide bonds. The number of oxazole rings is 1. The molecule has 2 aromatic carbocycles. The lowest BCUT2D eigenvalue weighted by Crippen LogP contribution is -2.03. The number of H-pyrrole nitrogens is 1. The molecule has 28 heavy (non-hydrogen) atoms. The smallest absolute Gasteiger partial charge is 0.191 e. The van der Waals surface area contributed by atoms with Crippen molar-refractivity contribution in [1.29, 1.82) is 5.26 Å². The first kappa shape index (κ1) is 16.0. The van der Waals surface area contributed by atoms with Crippen molar-refractivity contribution in [2.75, 3.05) is 0 Å². The van der Waals surface area contributed by atoms with Crippen LogP contribution in [-0.4, -0.2) is 15.0 Å². The second kappa shape index (κ2) is 6.18. The van der Waals surface area contributed by atoms with Gasteiger partial charge in [-0.1, -0.05) is 18.2 Å². The fraction of sp³-hybridized carbons (Fsp3) is 0. The van der Waals surface area contributed by atoms with Crippen molar-refractivity contribution in [2.24, 2.45) is 0 Å². The fourth-order valence-electron chi connectivity index (χ4n) is 3.30. The number of pyridine rings is 2. The van der Waals surface area contributed by atoms with E-state index in [4.69, 9.17) is 9.40 Å². The van der Waals surface area contributed by atoms with E-state index in [1.807, 2.05) is 36.4 Å². The third-order valence-corrected chi connectivity index (χ3v) is 4.65. The zero-order chi connectivity index (χ0) is 19.1. The lowest BCUT2D eigenvalue weighted by Gasteiger charge is -2.11. The highest BCUT2D eigenvalue weighted by Gasteiger charge is 2.14. The van der Waals surface area contributed by atoms with Crippen molar-refractivity contribution in [3.8, 4) is 28.5 Å². The topological polar surface area (TPSA) is 95.6 Å². The van der Waals surface area contributed by atoms with Gasteiger partial charge in [-0.05, 0) is 35.9 Å². The number of hydrogen-bond acceptors (Lipinski definition) is 5. The summed E-state index contributed by atoms with van der Waals surface area (Å²) in [5.41, 5.74) is 5.41. The lowest BCUT2D eigenvalue weighted by molar-refractivity contribution is 0.602. The predicted octanol–water partition coefficient (Wildman–Crippen LogP) is 4.27. The molecule has 0 aliphatic rings. The summed E-state index contributed by atoms with van der Waals surface area (Å²) >= 11 is 0. The Labute approximate surface area is 158 Å². The van der Waals surface area contributed by atoms with Crippen molar-refractivity contribution in [1.82, 2.24) is 15.0 Å². The normalized spacial score (nSPS) is 11.0. The number of rotatable bonds is 2. The Hall–Kier alpha value is -4.24. The molecule has 0 bridgehead atoms. The van der Waals surface area contributed by atoms with Gasteiger partial charge >= 0.3 is 0 Å². The van der Waals surface area contributed by atoms with Crippen molar-refractivity contribution in [2.45, 2.75) is 0 Å². The van der Waals surface area contributed by atoms with Crippen LogP contribution in [0.1, 0.15) is 5.56 Å². The summed E-state index contributed by atoms with van der Waals surface area (Å²) in [6.45, 7) is 0. The van der Waals surface area contributed by atoms with E-state index in [0.717, 1.165) is 22.2 Å². The van der Waals surface area contributed by atoms with Crippen molar-refractivity contribution < 1.29 is 4.42 Å². The first-order valence-electron chi connectivity index (χ1n) is 8.59. The van der Waals surface area contributed by atoms with E-state index >= 15 is 0 Å². The third-order valence-electron chi connectivity index (χ3n) is 4.65. The first-order valence-corrected chi connectivity index (χ1v) is 8.59. The van der Waals surface area contributed by atoms with E-state index < -0.39 is 0 Å². The average molecular weight is 364 g/mol. The van der Waals surface area contributed by atoms with Crippen LogP contribution in [0.25, 0.3) is 44.5 Å². The standard InChI is InChI=1S/C22H12N4O2/c23-11-13-2-1-3-15(8-13)21-16(10-17-19(27)6-7-24-22(17)26-21)14-4-5-18-20(9-14)28-12-25-18/h1-10,12H,(H,24,26,27). The van der Waals surface area contributed by atoms with Crippen LogP contribution in [0.4, 0.5) is 0 Å². The molecule has 0 saturated heterocycles. The van der Waals surface area contributed by atoms with Gasteiger partial charge in [-0.25, -0.2) is 9.97 Å². The molecular formula is C22H12N4O2. The number of aromatic amines is 1. The van der Waals surface area contributed by atoms with Crippen LogP contribution in [0, 0.1) is 11.3 Å². The Balaban J connectivity index is 1.85. The molecule has 5 aromatic rings. The Kier molecular flexibility index (Phi) is 3.53. The van der Waals surface area contributed by atoms with Gasteiger partial charge in [0.05, 0.1) is 22.7 Å². The fourth-order valence-corrected chi connectivity index (χ4v) is 3.30. The van der Waals surface area contributed by atoms with Crippen molar-refractivity contribution in [3.05, 3.63) is 83.0 Å². The molecule has 0 aliphatic carbocycles.